The fraction of sp³-hybridized carbons (Fsp3) is 0.217. The number of halogens is 1. The van der Waals surface area contributed by atoms with Crippen molar-refractivity contribution >= 4 is 40.0 Å². The Balaban J connectivity index is 1.59. The Hall–Kier alpha value is -3.32. The number of aliphatic hydroxyl groups excluding tert-OH is 1. The van der Waals surface area contributed by atoms with Crippen molar-refractivity contribution in [3.05, 3.63) is 65.1 Å². The van der Waals surface area contributed by atoms with Crippen LogP contribution in [-0.4, -0.2) is 48.8 Å². The van der Waals surface area contributed by atoms with E-state index in [1.807, 2.05) is 47.9 Å². The summed E-state index contributed by atoms with van der Waals surface area (Å²) >= 11 is 7.30. The van der Waals surface area contributed by atoms with E-state index >= 15 is 0 Å². The second kappa shape index (κ2) is 10.5. The highest BCUT2D eigenvalue weighted by atomic mass is 35.5. The van der Waals surface area contributed by atoms with E-state index < -0.39 is 0 Å². The molecule has 0 aliphatic heterocycles. The lowest BCUT2D eigenvalue weighted by atomic mass is 10.2. The molecule has 10 heteroatoms. The summed E-state index contributed by atoms with van der Waals surface area (Å²) < 4.78 is 7.45. The molecular weight excluding hydrogens is 460 g/mol. The molecule has 2 N–H and O–H groups in total. The monoisotopic (exact) mass is 480 g/mol. The van der Waals surface area contributed by atoms with Gasteiger partial charge in [-0.1, -0.05) is 35.5 Å². The Kier molecular flexibility index (Phi) is 7.29. The van der Waals surface area contributed by atoms with Crippen molar-refractivity contribution in [1.29, 1.82) is 5.26 Å². The van der Waals surface area contributed by atoms with Crippen LogP contribution in [0.2, 0.25) is 5.02 Å². The number of nitrogens with zero attached hydrogens (tertiary/aromatic N) is 5. The van der Waals surface area contributed by atoms with Crippen molar-refractivity contribution in [3.63, 3.8) is 0 Å². The van der Waals surface area contributed by atoms with E-state index in [-0.39, 0.29) is 17.1 Å². The highest BCUT2D eigenvalue weighted by Gasteiger charge is 2.18. The molecule has 0 fully saturated rings. The van der Waals surface area contributed by atoms with Gasteiger partial charge in [0.25, 0.3) is 0 Å². The normalized spacial score (nSPS) is 12.0. The van der Waals surface area contributed by atoms with E-state index in [4.69, 9.17) is 16.3 Å². The van der Waals surface area contributed by atoms with Gasteiger partial charge in [0.1, 0.15) is 17.4 Å². The van der Waals surface area contributed by atoms with Crippen LogP contribution in [0, 0.1) is 11.3 Å². The summed E-state index contributed by atoms with van der Waals surface area (Å²) in [5.41, 5.74) is 2.49. The summed E-state index contributed by atoms with van der Waals surface area (Å²) in [6.07, 6.45) is 0. The second-order valence-corrected chi connectivity index (χ2v) is 8.37. The maximum atomic E-state index is 10.7. The number of aromatic amines is 1. The van der Waals surface area contributed by atoms with Crippen LogP contribution >= 0.6 is 23.4 Å². The number of nitrogens with one attached hydrogen (secondary N) is 1. The summed E-state index contributed by atoms with van der Waals surface area (Å²) in [6, 6.07) is 16.9. The minimum Gasteiger partial charge on any atom is -0.510 e. The van der Waals surface area contributed by atoms with E-state index in [2.05, 4.69) is 26.2 Å². The van der Waals surface area contributed by atoms with Crippen LogP contribution in [0.25, 0.3) is 28.0 Å². The quantitative estimate of drug-likeness (QED) is 0.148. The number of aliphatic hydroxyl groups is 1. The number of rotatable bonds is 9. The van der Waals surface area contributed by atoms with Gasteiger partial charge in [0.2, 0.25) is 0 Å². The largest absolute Gasteiger partial charge is 0.510 e. The SMILES string of the molecule is CCOCCn1c(SC/C(O)=C(\C#N)c2nc3ccccc3[nH]2)nnc1-c1ccc(Cl)cc1. The maximum absolute atomic E-state index is 10.7. The summed E-state index contributed by atoms with van der Waals surface area (Å²) in [6.45, 7) is 3.58. The fourth-order valence-corrected chi connectivity index (χ4v) is 4.21. The molecule has 0 bridgehead atoms. The number of aromatic nitrogens is 5. The Bertz CT molecular complexity index is 1290. The van der Waals surface area contributed by atoms with E-state index in [1.165, 1.54) is 11.8 Å². The van der Waals surface area contributed by atoms with Crippen LogP contribution < -0.4 is 0 Å². The zero-order chi connectivity index (χ0) is 23.2. The molecule has 33 heavy (non-hydrogen) atoms. The highest BCUT2D eigenvalue weighted by molar-refractivity contribution is 7.99. The standard InChI is InChI=1S/C23H21ClN6O2S/c1-2-32-12-11-30-22(15-7-9-16(24)10-8-15)28-29-23(30)33-14-20(31)17(13-25)21-26-18-5-3-4-6-19(18)27-21/h3-10,31H,2,11-12,14H2,1H3,(H,26,27)/b20-17-. The average molecular weight is 481 g/mol. The summed E-state index contributed by atoms with van der Waals surface area (Å²) in [5.74, 6) is 1.05. The molecule has 0 aliphatic carbocycles. The van der Waals surface area contributed by atoms with Gasteiger partial charge in [-0.15, -0.1) is 10.2 Å². The smallest absolute Gasteiger partial charge is 0.192 e. The highest BCUT2D eigenvalue weighted by Crippen LogP contribution is 2.28. The third-order valence-electron chi connectivity index (χ3n) is 4.85. The van der Waals surface area contributed by atoms with Gasteiger partial charge in [0.15, 0.2) is 16.8 Å². The molecule has 0 saturated carbocycles. The van der Waals surface area contributed by atoms with E-state index in [0.717, 1.165) is 16.6 Å². The number of benzene rings is 2. The Morgan fingerprint density at radius 3 is 2.73 bits per heavy atom. The molecule has 4 rings (SSSR count). The van der Waals surface area contributed by atoms with Crippen molar-refractivity contribution in [3.8, 4) is 17.5 Å². The number of thioether (sulfide) groups is 1. The molecular formula is C23H21ClN6O2S. The zero-order valence-corrected chi connectivity index (χ0v) is 19.4. The van der Waals surface area contributed by atoms with Crippen molar-refractivity contribution in [2.75, 3.05) is 19.0 Å². The van der Waals surface area contributed by atoms with Gasteiger partial charge in [-0.2, -0.15) is 5.26 Å². The van der Waals surface area contributed by atoms with Crippen LogP contribution in [-0.2, 0) is 11.3 Å². The van der Waals surface area contributed by atoms with Crippen LogP contribution in [0.1, 0.15) is 12.7 Å². The van der Waals surface area contributed by atoms with Crippen molar-refractivity contribution in [1.82, 2.24) is 24.7 Å². The summed E-state index contributed by atoms with van der Waals surface area (Å²) in [7, 11) is 0. The molecule has 0 unspecified atom stereocenters. The molecule has 2 heterocycles. The molecule has 0 atom stereocenters. The average Bonchev–Trinajstić information content (AvgIpc) is 3.43. The van der Waals surface area contributed by atoms with Crippen molar-refractivity contribution in [2.24, 2.45) is 0 Å². The minimum absolute atomic E-state index is 0.0889. The molecule has 4 aromatic rings. The maximum Gasteiger partial charge on any atom is 0.192 e. The van der Waals surface area contributed by atoms with Gasteiger partial charge < -0.3 is 14.8 Å². The fourth-order valence-electron chi connectivity index (χ4n) is 3.24. The first-order valence-electron chi connectivity index (χ1n) is 10.3. The molecule has 0 spiro atoms. The van der Waals surface area contributed by atoms with Crippen LogP contribution in [0.3, 0.4) is 0 Å². The van der Waals surface area contributed by atoms with Gasteiger partial charge in [0, 0.05) is 17.2 Å². The molecule has 0 saturated heterocycles. The Labute approximate surface area is 199 Å². The van der Waals surface area contributed by atoms with Crippen LogP contribution in [0.4, 0.5) is 0 Å². The number of H-pyrrole nitrogens is 1. The number of hydrogen-bond donors (Lipinski definition) is 2. The minimum atomic E-state index is -0.0889. The van der Waals surface area contributed by atoms with Crippen molar-refractivity contribution in [2.45, 2.75) is 18.6 Å². The number of imidazole rings is 1. The zero-order valence-electron chi connectivity index (χ0n) is 17.8. The number of allylic oxidation sites excluding steroid dienone is 1. The third kappa shape index (κ3) is 5.20. The predicted octanol–water partition coefficient (Wildman–Crippen LogP) is 5.10. The topological polar surface area (TPSA) is 113 Å². The van der Waals surface area contributed by atoms with Gasteiger partial charge in [0.05, 0.1) is 29.9 Å². The number of ether oxygens (including phenoxy) is 1. The molecule has 2 aromatic carbocycles. The van der Waals surface area contributed by atoms with Crippen LogP contribution in [0.15, 0.2) is 59.4 Å². The van der Waals surface area contributed by atoms with Crippen molar-refractivity contribution < 1.29 is 9.84 Å². The second-order valence-electron chi connectivity index (χ2n) is 6.99. The number of hydrogen-bond acceptors (Lipinski definition) is 7. The molecule has 0 radical (unpaired) electrons. The summed E-state index contributed by atoms with van der Waals surface area (Å²) in [5, 5.41) is 30.2. The lowest BCUT2D eigenvalue weighted by Gasteiger charge is -2.10. The Morgan fingerprint density at radius 1 is 1.21 bits per heavy atom. The first-order valence-corrected chi connectivity index (χ1v) is 11.6. The van der Waals surface area contributed by atoms with E-state index in [1.54, 1.807) is 12.1 Å². The molecule has 0 aliphatic rings. The predicted molar refractivity (Wildman–Crippen MR) is 129 cm³/mol. The third-order valence-corrected chi connectivity index (χ3v) is 6.08. The molecule has 0 amide bonds. The molecule has 2 aromatic heterocycles. The van der Waals surface area contributed by atoms with Gasteiger partial charge in [-0.3, -0.25) is 4.57 Å². The number of para-hydroxylation sites is 2. The number of fused-ring (bicyclic) bond motifs is 1. The summed E-state index contributed by atoms with van der Waals surface area (Å²) in [4.78, 5) is 7.49. The number of nitriles is 1. The lowest BCUT2D eigenvalue weighted by Crippen LogP contribution is -2.09. The van der Waals surface area contributed by atoms with E-state index in [9.17, 15) is 10.4 Å². The van der Waals surface area contributed by atoms with Gasteiger partial charge in [-0.05, 0) is 43.3 Å². The van der Waals surface area contributed by atoms with Gasteiger partial charge >= 0.3 is 0 Å². The molecule has 168 valence electrons. The van der Waals surface area contributed by atoms with Gasteiger partial charge in [-0.25, -0.2) is 4.98 Å². The Morgan fingerprint density at radius 2 is 2.00 bits per heavy atom. The van der Waals surface area contributed by atoms with Crippen LogP contribution in [0.5, 0.6) is 0 Å². The first-order chi connectivity index (χ1) is 16.1. The van der Waals surface area contributed by atoms with E-state index in [0.29, 0.717) is 41.6 Å². The lowest BCUT2D eigenvalue weighted by molar-refractivity contribution is 0.137. The first kappa shape index (κ1) is 22.9. The molecule has 8 nitrogen and oxygen atoms in total.